The number of aliphatic hydroxyl groups excluding tert-OH is 1. The summed E-state index contributed by atoms with van der Waals surface area (Å²) in [6.07, 6.45) is 13.5. The Bertz CT molecular complexity index is 389. The Hall–Kier alpha value is -1.16. The number of carbonyl (C=O) groups is 2. The lowest BCUT2D eigenvalue weighted by molar-refractivity contribution is -0.146. The lowest BCUT2D eigenvalue weighted by Gasteiger charge is -2.15. The van der Waals surface area contributed by atoms with Gasteiger partial charge >= 0.3 is 5.97 Å². The minimum absolute atomic E-state index is 0.154. The van der Waals surface area contributed by atoms with Crippen LogP contribution in [-0.4, -0.2) is 28.1 Å². The average Bonchev–Trinajstić information content (AvgIpc) is 2.87. The van der Waals surface area contributed by atoms with Crippen molar-refractivity contribution in [2.75, 3.05) is 0 Å². The summed E-state index contributed by atoms with van der Waals surface area (Å²) < 4.78 is 0. The minimum atomic E-state index is -1.25. The van der Waals surface area contributed by atoms with Crippen LogP contribution in [-0.2, 0) is 9.59 Å². The molecular formula is C19H32O4. The highest BCUT2D eigenvalue weighted by molar-refractivity contribution is 5.83. The van der Waals surface area contributed by atoms with E-state index >= 15 is 0 Å². The molecule has 1 unspecified atom stereocenters. The molecule has 132 valence electrons. The summed E-state index contributed by atoms with van der Waals surface area (Å²) in [5, 5.41) is 17.8. The summed E-state index contributed by atoms with van der Waals surface area (Å²) in [6.45, 7) is 2.20. The zero-order valence-corrected chi connectivity index (χ0v) is 14.4. The molecule has 4 nitrogen and oxygen atoms in total. The molecule has 0 amide bonds. The van der Waals surface area contributed by atoms with Crippen LogP contribution in [0.4, 0.5) is 0 Å². The van der Waals surface area contributed by atoms with Gasteiger partial charge in [-0.25, -0.2) is 4.79 Å². The minimum Gasteiger partial charge on any atom is -0.479 e. The predicted octanol–water partition coefficient (Wildman–Crippen LogP) is 4.11. The van der Waals surface area contributed by atoms with Gasteiger partial charge in [-0.1, -0.05) is 51.2 Å². The van der Waals surface area contributed by atoms with Crippen molar-refractivity contribution in [2.24, 2.45) is 11.8 Å². The van der Waals surface area contributed by atoms with Crippen LogP contribution in [0.2, 0.25) is 0 Å². The largest absolute Gasteiger partial charge is 0.479 e. The number of carbonyl (C=O) groups excluding carboxylic acids is 1. The first-order valence-electron chi connectivity index (χ1n) is 9.16. The molecular weight excluding hydrogens is 292 g/mol. The van der Waals surface area contributed by atoms with E-state index in [-0.39, 0.29) is 5.92 Å². The van der Waals surface area contributed by atoms with Crippen LogP contribution in [0.25, 0.3) is 0 Å². The predicted molar refractivity (Wildman–Crippen MR) is 91.2 cm³/mol. The topological polar surface area (TPSA) is 74.6 Å². The Kier molecular flexibility index (Phi) is 9.85. The third kappa shape index (κ3) is 7.78. The zero-order valence-electron chi connectivity index (χ0n) is 14.4. The van der Waals surface area contributed by atoms with Gasteiger partial charge in [-0.05, 0) is 38.0 Å². The van der Waals surface area contributed by atoms with E-state index in [1.165, 1.54) is 19.3 Å². The van der Waals surface area contributed by atoms with Gasteiger partial charge in [0, 0.05) is 12.3 Å². The maximum Gasteiger partial charge on any atom is 0.332 e. The van der Waals surface area contributed by atoms with Gasteiger partial charge in [-0.3, -0.25) is 4.79 Å². The Labute approximate surface area is 140 Å². The highest BCUT2D eigenvalue weighted by atomic mass is 16.4. The summed E-state index contributed by atoms with van der Waals surface area (Å²) in [4.78, 5) is 22.6. The molecule has 1 fully saturated rings. The summed E-state index contributed by atoms with van der Waals surface area (Å²) in [5.41, 5.74) is 0. The van der Waals surface area contributed by atoms with E-state index in [4.69, 9.17) is 5.11 Å². The molecule has 0 saturated heterocycles. The van der Waals surface area contributed by atoms with Crippen LogP contribution in [0.5, 0.6) is 0 Å². The van der Waals surface area contributed by atoms with E-state index in [1.807, 2.05) is 0 Å². The fourth-order valence-electron chi connectivity index (χ4n) is 3.33. The maximum atomic E-state index is 12.0. The Morgan fingerprint density at radius 3 is 2.74 bits per heavy atom. The third-order valence-corrected chi connectivity index (χ3v) is 4.79. The number of rotatable bonds is 12. The van der Waals surface area contributed by atoms with Crippen LogP contribution in [0.3, 0.4) is 0 Å². The van der Waals surface area contributed by atoms with Crippen molar-refractivity contribution in [1.82, 2.24) is 0 Å². The van der Waals surface area contributed by atoms with Crippen LogP contribution in [0, 0.1) is 11.8 Å². The van der Waals surface area contributed by atoms with Gasteiger partial charge in [-0.15, -0.1) is 0 Å². The monoisotopic (exact) mass is 324 g/mol. The van der Waals surface area contributed by atoms with Gasteiger partial charge in [0.05, 0.1) is 0 Å². The fraction of sp³-hybridized carbons (Fsp3) is 0.789. The molecule has 23 heavy (non-hydrogen) atoms. The van der Waals surface area contributed by atoms with Crippen molar-refractivity contribution >= 4 is 11.8 Å². The molecule has 0 aliphatic heterocycles. The van der Waals surface area contributed by atoms with Gasteiger partial charge in [0.25, 0.3) is 0 Å². The van der Waals surface area contributed by atoms with Gasteiger partial charge < -0.3 is 10.2 Å². The van der Waals surface area contributed by atoms with Gasteiger partial charge in [0.1, 0.15) is 5.78 Å². The molecule has 0 heterocycles. The quantitative estimate of drug-likeness (QED) is 0.418. The molecule has 1 aliphatic rings. The number of allylic oxidation sites excluding steroid dienone is 2. The second kappa shape index (κ2) is 11.4. The number of ketones is 1. The smallest absolute Gasteiger partial charge is 0.332 e. The first-order valence-corrected chi connectivity index (χ1v) is 9.16. The van der Waals surface area contributed by atoms with Crippen molar-refractivity contribution < 1.29 is 19.8 Å². The second-order valence-corrected chi connectivity index (χ2v) is 6.69. The summed E-state index contributed by atoms with van der Waals surface area (Å²) >= 11 is 0. The first kappa shape index (κ1) is 19.9. The molecule has 4 heteroatoms. The van der Waals surface area contributed by atoms with Crippen LogP contribution >= 0.6 is 0 Å². The second-order valence-electron chi connectivity index (χ2n) is 6.69. The normalized spacial score (nSPS) is 22.8. The van der Waals surface area contributed by atoms with Gasteiger partial charge in [-0.2, -0.15) is 0 Å². The van der Waals surface area contributed by atoms with Crippen LogP contribution < -0.4 is 0 Å². The van der Waals surface area contributed by atoms with Crippen molar-refractivity contribution in [3.63, 3.8) is 0 Å². The van der Waals surface area contributed by atoms with E-state index in [1.54, 1.807) is 0 Å². The van der Waals surface area contributed by atoms with Crippen LogP contribution in [0.1, 0.15) is 77.6 Å². The van der Waals surface area contributed by atoms with E-state index in [2.05, 4.69) is 19.1 Å². The van der Waals surface area contributed by atoms with E-state index in [0.29, 0.717) is 31.0 Å². The summed E-state index contributed by atoms with van der Waals surface area (Å²) in [6, 6.07) is 0. The number of hydrogen-bond acceptors (Lipinski definition) is 3. The van der Waals surface area contributed by atoms with E-state index in [0.717, 1.165) is 32.1 Å². The van der Waals surface area contributed by atoms with E-state index in [9.17, 15) is 14.7 Å². The van der Waals surface area contributed by atoms with Gasteiger partial charge in [0.15, 0.2) is 6.10 Å². The maximum absolute atomic E-state index is 12.0. The van der Waals surface area contributed by atoms with Crippen molar-refractivity contribution in [3.8, 4) is 0 Å². The average molecular weight is 324 g/mol. The highest BCUT2D eigenvalue weighted by Crippen LogP contribution is 2.34. The molecule has 2 N–H and O–H groups in total. The van der Waals surface area contributed by atoms with Gasteiger partial charge in [0.2, 0.25) is 0 Å². The molecule has 1 saturated carbocycles. The Balaban J connectivity index is 2.24. The fourth-order valence-corrected chi connectivity index (χ4v) is 3.33. The lowest BCUT2D eigenvalue weighted by atomic mass is 9.89. The van der Waals surface area contributed by atoms with Crippen molar-refractivity contribution in [1.29, 1.82) is 0 Å². The number of Topliss-reactive ketones (excluding diaryl/α,β-unsaturated/α-hetero) is 1. The van der Waals surface area contributed by atoms with E-state index < -0.39 is 12.1 Å². The highest BCUT2D eigenvalue weighted by Gasteiger charge is 2.32. The molecule has 0 aromatic rings. The summed E-state index contributed by atoms with van der Waals surface area (Å²) in [5.74, 6) is -0.210. The number of carboxylic acid groups (broad SMARTS) is 1. The Morgan fingerprint density at radius 2 is 2.04 bits per heavy atom. The molecule has 0 radical (unpaired) electrons. The van der Waals surface area contributed by atoms with Crippen LogP contribution in [0.15, 0.2) is 12.2 Å². The first-order chi connectivity index (χ1) is 11.1. The molecule has 1 rings (SSSR count). The summed E-state index contributed by atoms with van der Waals surface area (Å²) in [7, 11) is 0. The van der Waals surface area contributed by atoms with Crippen molar-refractivity contribution in [2.45, 2.75) is 83.7 Å². The third-order valence-electron chi connectivity index (χ3n) is 4.79. The number of aliphatic hydroxyl groups is 1. The molecule has 0 spiro atoms. The standard InChI is InChI=1S/C19H32O4/c1-2-3-4-5-7-10-15-13-14-17(20)16(15)11-8-6-9-12-18(21)19(22)23/h7,10,15-16,18,21H,2-6,8-9,11-14H2,1H3,(H,22,23)/t15-,16+,18?/m0/s1. The number of aliphatic carboxylic acids is 1. The zero-order chi connectivity index (χ0) is 17.1. The number of unbranched alkanes of at least 4 members (excludes halogenated alkanes) is 5. The SMILES string of the molecule is CCCCCC=C[C@H]1CCC(=O)[C@@H]1CCCCCC(O)C(=O)O. The Morgan fingerprint density at radius 1 is 1.26 bits per heavy atom. The molecule has 0 aromatic carbocycles. The molecule has 0 bridgehead atoms. The molecule has 0 aromatic heterocycles. The molecule has 3 atom stereocenters. The van der Waals surface area contributed by atoms with Crippen molar-refractivity contribution in [3.05, 3.63) is 12.2 Å². The number of carboxylic acids is 1. The number of hydrogen-bond donors (Lipinski definition) is 2. The lowest BCUT2D eigenvalue weighted by Crippen LogP contribution is -2.19. The molecule has 1 aliphatic carbocycles.